The number of hydrogen-bond acceptors (Lipinski definition) is 6. The Morgan fingerprint density at radius 1 is 1.33 bits per heavy atom. The molecule has 8 nitrogen and oxygen atoms in total. The number of anilines is 2. The molecule has 0 aliphatic carbocycles. The summed E-state index contributed by atoms with van der Waals surface area (Å²) >= 11 is 0. The van der Waals surface area contributed by atoms with E-state index >= 15 is 0 Å². The summed E-state index contributed by atoms with van der Waals surface area (Å²) in [7, 11) is 0.805. The minimum Gasteiger partial charge on any atom is -0.384 e. The van der Waals surface area contributed by atoms with Gasteiger partial charge < -0.3 is 21.1 Å². The largest absolute Gasteiger partial charge is 0.384 e. The first-order chi connectivity index (χ1) is 11.3. The van der Waals surface area contributed by atoms with Crippen molar-refractivity contribution in [2.75, 3.05) is 44.9 Å². The Bertz CT molecular complexity index is 657. The van der Waals surface area contributed by atoms with Crippen LogP contribution >= 0.6 is 0 Å². The van der Waals surface area contributed by atoms with Crippen molar-refractivity contribution in [1.29, 1.82) is 0 Å². The number of carbonyl (C=O) groups is 1. The zero-order chi connectivity index (χ0) is 18.3. The number of carbonyl (C=O) groups excluding carboxylic acids is 1. The Balaban J connectivity index is 3.12. The summed E-state index contributed by atoms with van der Waals surface area (Å²) in [5.41, 5.74) is 6.56. The predicted molar refractivity (Wildman–Crippen MR) is 94.6 cm³/mol. The van der Waals surface area contributed by atoms with Gasteiger partial charge in [-0.25, -0.2) is 12.7 Å². The monoisotopic (exact) mass is 358 g/mol. The second kappa shape index (κ2) is 8.97. The lowest BCUT2D eigenvalue weighted by Crippen LogP contribution is -2.28. The lowest BCUT2D eigenvalue weighted by atomic mass is 10.2. The Kier molecular flexibility index (Phi) is 7.61. The number of rotatable bonds is 9. The third-order valence-electron chi connectivity index (χ3n) is 3.42. The first kappa shape index (κ1) is 20.4. The first-order valence-electron chi connectivity index (χ1n) is 7.59. The number of nitrogens with zero attached hydrogens (tertiary/aromatic N) is 1. The highest BCUT2D eigenvalue weighted by molar-refractivity contribution is 7.89. The van der Waals surface area contributed by atoms with Crippen molar-refractivity contribution >= 4 is 27.3 Å². The minimum absolute atomic E-state index is 0.0865. The average molecular weight is 358 g/mol. The Labute approximate surface area is 143 Å². The van der Waals surface area contributed by atoms with Crippen LogP contribution in [-0.2, 0) is 19.6 Å². The maximum absolute atomic E-state index is 12.3. The number of hydrogen-bond donors (Lipinski definition) is 3. The van der Waals surface area contributed by atoms with Gasteiger partial charge in [-0.2, -0.15) is 0 Å². The molecule has 0 fully saturated rings. The predicted octanol–water partition coefficient (Wildman–Crippen LogP) is 0.671. The van der Waals surface area contributed by atoms with E-state index in [2.05, 4.69) is 10.6 Å². The van der Waals surface area contributed by atoms with Gasteiger partial charge in [0, 0.05) is 34.3 Å². The van der Waals surface area contributed by atoms with E-state index in [9.17, 15) is 13.2 Å². The van der Waals surface area contributed by atoms with Gasteiger partial charge in [-0.1, -0.05) is 0 Å². The summed E-state index contributed by atoms with van der Waals surface area (Å²) in [6, 6.07) is 4.57. The number of ether oxygens (including phenoxy) is 1. The Hall–Kier alpha value is -1.68. The van der Waals surface area contributed by atoms with E-state index in [1.165, 1.54) is 33.3 Å². The van der Waals surface area contributed by atoms with E-state index in [-0.39, 0.29) is 29.9 Å². The van der Waals surface area contributed by atoms with Crippen LogP contribution in [0.25, 0.3) is 0 Å². The molecule has 136 valence electrons. The maximum Gasteiger partial charge on any atom is 0.242 e. The van der Waals surface area contributed by atoms with Crippen LogP contribution in [0.5, 0.6) is 0 Å². The van der Waals surface area contributed by atoms with Crippen molar-refractivity contribution in [2.24, 2.45) is 5.73 Å². The SMILES string of the molecule is CCNc1ccc(S(=O)(=O)N(C)C)cc1NC(=O)CC(CN)OC. The second-order valence-corrected chi connectivity index (χ2v) is 7.52. The molecule has 9 heteroatoms. The van der Waals surface area contributed by atoms with Gasteiger partial charge in [-0.05, 0) is 25.1 Å². The zero-order valence-corrected chi connectivity index (χ0v) is 15.3. The zero-order valence-electron chi connectivity index (χ0n) is 14.5. The van der Waals surface area contributed by atoms with Crippen LogP contribution in [0.4, 0.5) is 11.4 Å². The lowest BCUT2D eigenvalue weighted by molar-refractivity contribution is -0.118. The van der Waals surface area contributed by atoms with Gasteiger partial charge in [-0.3, -0.25) is 4.79 Å². The average Bonchev–Trinajstić information content (AvgIpc) is 2.54. The van der Waals surface area contributed by atoms with Gasteiger partial charge in [-0.15, -0.1) is 0 Å². The smallest absolute Gasteiger partial charge is 0.242 e. The molecule has 0 heterocycles. The lowest BCUT2D eigenvalue weighted by Gasteiger charge is -2.17. The molecule has 1 amide bonds. The highest BCUT2D eigenvalue weighted by Gasteiger charge is 2.20. The number of nitrogens with two attached hydrogens (primary N) is 1. The van der Waals surface area contributed by atoms with Gasteiger partial charge >= 0.3 is 0 Å². The third-order valence-corrected chi connectivity index (χ3v) is 5.23. The molecule has 1 atom stereocenters. The summed E-state index contributed by atoms with van der Waals surface area (Å²) in [5, 5.41) is 5.82. The number of benzene rings is 1. The summed E-state index contributed by atoms with van der Waals surface area (Å²) in [6.45, 7) is 2.76. The molecule has 0 aromatic heterocycles. The molecule has 0 aliphatic rings. The van der Waals surface area contributed by atoms with Crippen LogP contribution in [0.3, 0.4) is 0 Å². The van der Waals surface area contributed by atoms with Crippen LogP contribution in [0.1, 0.15) is 13.3 Å². The standard InChI is InChI=1S/C15H26N4O4S/c1-5-17-13-7-6-12(24(21,22)19(2)3)9-14(13)18-15(20)8-11(10-16)23-4/h6-7,9,11,17H,5,8,10,16H2,1-4H3,(H,18,20). The molecule has 0 spiro atoms. The first-order valence-corrected chi connectivity index (χ1v) is 9.03. The fraction of sp³-hybridized carbons (Fsp3) is 0.533. The van der Waals surface area contributed by atoms with Crippen LogP contribution in [0.2, 0.25) is 0 Å². The quantitative estimate of drug-likeness (QED) is 0.598. The van der Waals surface area contributed by atoms with Gasteiger partial charge in [0.1, 0.15) is 0 Å². The summed E-state index contributed by atoms with van der Waals surface area (Å²) in [5.74, 6) is -0.300. The Morgan fingerprint density at radius 2 is 2.00 bits per heavy atom. The molecule has 1 aromatic rings. The molecule has 24 heavy (non-hydrogen) atoms. The van der Waals surface area contributed by atoms with Crippen LogP contribution in [0, 0.1) is 0 Å². The van der Waals surface area contributed by atoms with E-state index in [1.807, 2.05) is 6.92 Å². The highest BCUT2D eigenvalue weighted by Crippen LogP contribution is 2.27. The number of amides is 1. The van der Waals surface area contributed by atoms with Crippen LogP contribution in [0.15, 0.2) is 23.1 Å². The van der Waals surface area contributed by atoms with Gasteiger partial charge in [0.05, 0.1) is 28.8 Å². The minimum atomic E-state index is -3.59. The highest BCUT2D eigenvalue weighted by atomic mass is 32.2. The maximum atomic E-state index is 12.3. The fourth-order valence-electron chi connectivity index (χ4n) is 2.01. The van der Waals surface area contributed by atoms with Crippen molar-refractivity contribution in [3.8, 4) is 0 Å². The van der Waals surface area contributed by atoms with Gasteiger partial charge in [0.25, 0.3) is 0 Å². The summed E-state index contributed by atoms with van der Waals surface area (Å²) in [4.78, 5) is 12.3. The van der Waals surface area contributed by atoms with E-state index < -0.39 is 10.0 Å². The molecule has 0 saturated heterocycles. The molecule has 4 N–H and O–H groups in total. The van der Waals surface area contributed by atoms with E-state index in [1.54, 1.807) is 6.07 Å². The molecule has 0 radical (unpaired) electrons. The van der Waals surface area contributed by atoms with Crippen LogP contribution < -0.4 is 16.4 Å². The number of nitrogens with one attached hydrogen (secondary N) is 2. The molecule has 0 saturated carbocycles. The van der Waals surface area contributed by atoms with Crippen molar-refractivity contribution in [3.63, 3.8) is 0 Å². The fourth-order valence-corrected chi connectivity index (χ4v) is 2.94. The van der Waals surface area contributed by atoms with Gasteiger partial charge in [0.15, 0.2) is 0 Å². The van der Waals surface area contributed by atoms with Crippen molar-refractivity contribution in [1.82, 2.24) is 4.31 Å². The molecule has 1 unspecified atom stereocenters. The number of methoxy groups -OCH3 is 1. The normalized spacial score (nSPS) is 12.9. The topological polar surface area (TPSA) is 114 Å². The van der Waals surface area contributed by atoms with Crippen molar-refractivity contribution in [3.05, 3.63) is 18.2 Å². The molecule has 0 bridgehead atoms. The van der Waals surface area contributed by atoms with Crippen molar-refractivity contribution in [2.45, 2.75) is 24.3 Å². The molecule has 0 aliphatic heterocycles. The van der Waals surface area contributed by atoms with Crippen molar-refractivity contribution < 1.29 is 17.9 Å². The number of sulfonamides is 1. The summed E-state index contributed by atoms with van der Waals surface area (Å²) in [6.07, 6.45) is -0.301. The van der Waals surface area contributed by atoms with Gasteiger partial charge in [0.2, 0.25) is 15.9 Å². The second-order valence-electron chi connectivity index (χ2n) is 5.37. The molecular formula is C15H26N4O4S. The Morgan fingerprint density at radius 3 is 2.50 bits per heavy atom. The molecule has 1 rings (SSSR count). The summed E-state index contributed by atoms with van der Waals surface area (Å²) < 4.78 is 30.7. The molecule has 1 aromatic carbocycles. The van der Waals surface area contributed by atoms with Crippen LogP contribution in [-0.4, -0.2) is 59.0 Å². The van der Waals surface area contributed by atoms with E-state index in [4.69, 9.17) is 10.5 Å². The third kappa shape index (κ3) is 5.17. The van der Waals surface area contributed by atoms with E-state index in [0.29, 0.717) is 17.9 Å². The van der Waals surface area contributed by atoms with E-state index in [0.717, 1.165) is 4.31 Å². The molecular weight excluding hydrogens is 332 g/mol.